The SMILES string of the molecule is Br.c1ccc([PH](c2ccccc2)(c2ccccc2)C2CCCCCC2)cc1. The van der Waals surface area contributed by atoms with Gasteiger partial charge < -0.3 is 0 Å². The van der Waals surface area contributed by atoms with Crippen LogP contribution in [0, 0.1) is 0 Å². The van der Waals surface area contributed by atoms with Crippen LogP contribution in [0.4, 0.5) is 0 Å². The Kier molecular flexibility index (Phi) is 7.27. The van der Waals surface area contributed by atoms with Gasteiger partial charge in [-0.15, -0.1) is 17.0 Å². The van der Waals surface area contributed by atoms with Crippen LogP contribution in [0.3, 0.4) is 0 Å². The molecule has 3 aromatic carbocycles. The third-order valence-electron chi connectivity index (χ3n) is 6.15. The zero-order valence-electron chi connectivity index (χ0n) is 15.9. The molecule has 0 amide bonds. The van der Waals surface area contributed by atoms with Gasteiger partial charge in [0, 0.05) is 0 Å². The zero-order valence-corrected chi connectivity index (χ0v) is 18.6. The predicted molar refractivity (Wildman–Crippen MR) is 128 cm³/mol. The molecule has 1 fully saturated rings. The van der Waals surface area contributed by atoms with Crippen molar-refractivity contribution in [1.29, 1.82) is 0 Å². The van der Waals surface area contributed by atoms with Crippen LogP contribution in [0.5, 0.6) is 0 Å². The van der Waals surface area contributed by atoms with Gasteiger partial charge in [-0.05, 0) is 0 Å². The minimum atomic E-state index is -2.06. The molecule has 3 aromatic rings. The van der Waals surface area contributed by atoms with Crippen molar-refractivity contribution in [3.63, 3.8) is 0 Å². The van der Waals surface area contributed by atoms with Crippen molar-refractivity contribution in [3.05, 3.63) is 91.0 Å². The van der Waals surface area contributed by atoms with Crippen molar-refractivity contribution in [2.24, 2.45) is 0 Å². The van der Waals surface area contributed by atoms with E-state index in [1.165, 1.54) is 38.5 Å². The molecular weight excluding hydrogens is 411 g/mol. The zero-order chi connectivity index (χ0) is 17.7. The van der Waals surface area contributed by atoms with Gasteiger partial charge in [-0.1, -0.05) is 0 Å². The Bertz CT molecular complexity index is 697. The first-order valence-electron chi connectivity index (χ1n) is 10.1. The second-order valence-electron chi connectivity index (χ2n) is 7.59. The molecule has 4 rings (SSSR count). The van der Waals surface area contributed by atoms with E-state index in [1.807, 2.05) is 0 Å². The molecular formula is C25H30BrP. The van der Waals surface area contributed by atoms with Gasteiger partial charge in [-0.2, -0.15) is 0 Å². The van der Waals surface area contributed by atoms with Gasteiger partial charge >= 0.3 is 158 Å². The van der Waals surface area contributed by atoms with Crippen LogP contribution in [0.15, 0.2) is 91.0 Å². The second-order valence-corrected chi connectivity index (χ2v) is 11.8. The number of hydrogen-bond acceptors (Lipinski definition) is 0. The van der Waals surface area contributed by atoms with Gasteiger partial charge in [0.25, 0.3) is 0 Å². The van der Waals surface area contributed by atoms with E-state index in [-0.39, 0.29) is 17.0 Å². The molecule has 0 unspecified atom stereocenters. The second kappa shape index (κ2) is 9.67. The van der Waals surface area contributed by atoms with E-state index >= 15 is 0 Å². The normalized spacial score (nSPS) is 16.1. The van der Waals surface area contributed by atoms with Crippen LogP contribution < -0.4 is 15.9 Å². The molecule has 0 bridgehead atoms. The Morgan fingerprint density at radius 1 is 0.481 bits per heavy atom. The Balaban J connectivity index is 0.00000210. The average Bonchev–Trinajstić information content (AvgIpc) is 3.01. The van der Waals surface area contributed by atoms with Crippen LogP contribution >= 0.6 is 24.2 Å². The fourth-order valence-electron chi connectivity index (χ4n) is 5.02. The summed E-state index contributed by atoms with van der Waals surface area (Å²) in [6.45, 7) is 0. The fraction of sp³-hybridized carbons (Fsp3) is 0.280. The van der Waals surface area contributed by atoms with E-state index in [4.69, 9.17) is 0 Å². The summed E-state index contributed by atoms with van der Waals surface area (Å²) < 4.78 is 0. The van der Waals surface area contributed by atoms with Gasteiger partial charge in [0.2, 0.25) is 0 Å². The summed E-state index contributed by atoms with van der Waals surface area (Å²) in [5.74, 6) is 0. The maximum atomic E-state index is 2.40. The van der Waals surface area contributed by atoms with Gasteiger partial charge in [0.15, 0.2) is 0 Å². The van der Waals surface area contributed by atoms with Crippen LogP contribution in [0.25, 0.3) is 0 Å². The summed E-state index contributed by atoms with van der Waals surface area (Å²) in [5, 5.41) is 4.72. The quantitative estimate of drug-likeness (QED) is 0.344. The summed E-state index contributed by atoms with van der Waals surface area (Å²) in [7, 11) is -2.06. The monoisotopic (exact) mass is 440 g/mol. The summed E-state index contributed by atoms with van der Waals surface area (Å²) in [6.07, 6.45) is 8.30. The van der Waals surface area contributed by atoms with Gasteiger partial charge in [0.1, 0.15) is 0 Å². The molecule has 1 aliphatic carbocycles. The topological polar surface area (TPSA) is 0 Å². The van der Waals surface area contributed by atoms with E-state index in [1.54, 1.807) is 15.9 Å². The molecule has 27 heavy (non-hydrogen) atoms. The van der Waals surface area contributed by atoms with Crippen LogP contribution in [-0.2, 0) is 0 Å². The molecule has 0 heterocycles. The Morgan fingerprint density at radius 3 is 1.15 bits per heavy atom. The molecule has 0 N–H and O–H groups in total. The Labute approximate surface area is 175 Å². The molecule has 0 aliphatic heterocycles. The maximum absolute atomic E-state index is 2.40. The predicted octanol–water partition coefficient (Wildman–Crippen LogP) is 6.01. The van der Waals surface area contributed by atoms with Crippen molar-refractivity contribution < 1.29 is 0 Å². The van der Waals surface area contributed by atoms with Crippen LogP contribution in [0.2, 0.25) is 0 Å². The Hall–Kier alpha value is -1.43. The first kappa shape index (κ1) is 20.3. The van der Waals surface area contributed by atoms with E-state index < -0.39 is 7.26 Å². The van der Waals surface area contributed by atoms with Crippen LogP contribution in [-0.4, -0.2) is 5.66 Å². The van der Waals surface area contributed by atoms with Crippen molar-refractivity contribution in [2.45, 2.75) is 44.2 Å². The van der Waals surface area contributed by atoms with Crippen molar-refractivity contribution in [1.82, 2.24) is 0 Å². The van der Waals surface area contributed by atoms with E-state index in [0.717, 1.165) is 5.66 Å². The average molecular weight is 441 g/mol. The molecule has 0 atom stereocenters. The number of hydrogen-bond donors (Lipinski definition) is 0. The van der Waals surface area contributed by atoms with Crippen molar-refractivity contribution in [2.75, 3.05) is 0 Å². The van der Waals surface area contributed by atoms with E-state index in [0.29, 0.717) is 0 Å². The summed E-state index contributed by atoms with van der Waals surface area (Å²) in [4.78, 5) is 0. The first-order chi connectivity index (χ1) is 12.9. The van der Waals surface area contributed by atoms with E-state index in [9.17, 15) is 0 Å². The van der Waals surface area contributed by atoms with Gasteiger partial charge in [0.05, 0.1) is 0 Å². The molecule has 142 valence electrons. The molecule has 0 radical (unpaired) electrons. The van der Waals surface area contributed by atoms with Crippen molar-refractivity contribution >= 4 is 40.2 Å². The van der Waals surface area contributed by atoms with Gasteiger partial charge in [-0.25, -0.2) is 0 Å². The molecule has 1 saturated carbocycles. The summed E-state index contributed by atoms with van der Waals surface area (Å²) >= 11 is 0. The number of halogens is 1. The molecule has 0 saturated heterocycles. The standard InChI is InChI=1S/C25H29P.BrH/c1-2-7-15-22(14-6-1)26(23-16-8-3-9-17-23,24-18-10-4-11-19-24)25-20-12-5-13-21-25;/h3-5,8-13,16-22,26H,1-2,6-7,14-15H2;1H. The van der Waals surface area contributed by atoms with Gasteiger partial charge in [-0.3, -0.25) is 0 Å². The Morgan fingerprint density at radius 2 is 0.815 bits per heavy atom. The van der Waals surface area contributed by atoms with Crippen LogP contribution in [0.1, 0.15) is 38.5 Å². The minimum absolute atomic E-state index is 0. The molecule has 0 aromatic heterocycles. The third kappa shape index (κ3) is 4.05. The van der Waals surface area contributed by atoms with E-state index in [2.05, 4.69) is 91.0 Å². The molecule has 0 nitrogen and oxygen atoms in total. The number of benzene rings is 3. The molecule has 0 spiro atoms. The summed E-state index contributed by atoms with van der Waals surface area (Å²) in [5.41, 5.74) is 0.775. The first-order valence-corrected chi connectivity index (χ1v) is 12.2. The fourth-order valence-corrected chi connectivity index (χ4v) is 10.9. The molecule has 2 heteroatoms. The third-order valence-corrected chi connectivity index (χ3v) is 11.7. The molecule has 1 aliphatic rings. The van der Waals surface area contributed by atoms with Crippen molar-refractivity contribution in [3.8, 4) is 0 Å². The summed E-state index contributed by atoms with van der Waals surface area (Å²) in [6, 6.07) is 34.3. The number of rotatable bonds is 4.